The molecule has 0 fully saturated rings. The molecule has 0 bridgehead atoms. The summed E-state index contributed by atoms with van der Waals surface area (Å²) in [4.78, 5) is 22.8. The van der Waals surface area contributed by atoms with Gasteiger partial charge in [0.2, 0.25) is 0 Å². The number of ether oxygens (including phenoxy) is 2. The van der Waals surface area contributed by atoms with Gasteiger partial charge in [0.1, 0.15) is 5.25 Å². The zero-order chi connectivity index (χ0) is 13.5. The highest BCUT2D eigenvalue weighted by atomic mass is 79.9. The predicted molar refractivity (Wildman–Crippen MR) is 74.9 cm³/mol. The van der Waals surface area contributed by atoms with Gasteiger partial charge in [-0.3, -0.25) is 9.59 Å². The largest absolute Gasteiger partial charge is 0.469 e. The van der Waals surface area contributed by atoms with Gasteiger partial charge in [0, 0.05) is 10.9 Å². The van der Waals surface area contributed by atoms with Crippen LogP contribution >= 0.6 is 39.0 Å². The van der Waals surface area contributed by atoms with Gasteiger partial charge in [0.05, 0.1) is 18.4 Å². The lowest BCUT2D eigenvalue weighted by Gasteiger charge is -2.12. The summed E-state index contributed by atoms with van der Waals surface area (Å²) in [5.41, 5.74) is 0. The first-order valence-corrected chi connectivity index (χ1v) is 7.68. The second kappa shape index (κ2) is 7.81. The van der Waals surface area contributed by atoms with Crippen LogP contribution in [-0.2, 0) is 19.1 Å². The first kappa shape index (κ1) is 15.5. The van der Waals surface area contributed by atoms with Crippen LogP contribution in [-0.4, -0.2) is 31.4 Å². The zero-order valence-corrected chi connectivity index (χ0v) is 13.2. The third-order valence-corrected chi connectivity index (χ3v) is 5.75. The molecule has 0 radical (unpaired) electrons. The van der Waals surface area contributed by atoms with Crippen LogP contribution in [0.15, 0.2) is 20.1 Å². The number of hydrogen-bond donors (Lipinski definition) is 0. The summed E-state index contributed by atoms with van der Waals surface area (Å²) in [5.74, 6) is -0.654. The lowest BCUT2D eigenvalue weighted by molar-refractivity contribution is -0.142. The average molecular weight is 353 g/mol. The van der Waals surface area contributed by atoms with Crippen LogP contribution in [0.4, 0.5) is 0 Å². The maximum absolute atomic E-state index is 11.6. The molecule has 18 heavy (non-hydrogen) atoms. The molecule has 0 aliphatic heterocycles. The van der Waals surface area contributed by atoms with Gasteiger partial charge < -0.3 is 9.47 Å². The van der Waals surface area contributed by atoms with Gasteiger partial charge in [-0.2, -0.15) is 0 Å². The van der Waals surface area contributed by atoms with E-state index < -0.39 is 5.25 Å². The van der Waals surface area contributed by atoms with Crippen LogP contribution in [0, 0.1) is 0 Å². The maximum Gasteiger partial charge on any atom is 0.319 e. The topological polar surface area (TPSA) is 52.6 Å². The molecule has 1 aromatic rings. The van der Waals surface area contributed by atoms with Crippen LogP contribution in [0.5, 0.6) is 0 Å². The monoisotopic (exact) mass is 352 g/mol. The minimum atomic E-state index is -0.399. The van der Waals surface area contributed by atoms with Crippen molar-refractivity contribution in [1.29, 1.82) is 0 Å². The Bertz CT molecular complexity index is 419. The molecule has 0 amide bonds. The molecule has 1 unspecified atom stereocenters. The lowest BCUT2D eigenvalue weighted by Crippen LogP contribution is -2.20. The van der Waals surface area contributed by atoms with Gasteiger partial charge in [-0.25, -0.2) is 0 Å². The molecule has 1 aromatic heterocycles. The second-order valence-electron chi connectivity index (χ2n) is 3.30. The Kier molecular flexibility index (Phi) is 6.73. The van der Waals surface area contributed by atoms with Crippen molar-refractivity contribution < 1.29 is 19.1 Å². The van der Waals surface area contributed by atoms with Gasteiger partial charge in [0.25, 0.3) is 0 Å². The molecule has 0 aromatic carbocycles. The molecule has 0 aliphatic rings. The number of thiophene rings is 1. The second-order valence-corrected chi connectivity index (χ2v) is 6.54. The zero-order valence-electron chi connectivity index (χ0n) is 9.97. The summed E-state index contributed by atoms with van der Waals surface area (Å²) in [6.07, 6.45) is 0.598. The van der Waals surface area contributed by atoms with Crippen molar-refractivity contribution in [1.82, 2.24) is 0 Å². The van der Waals surface area contributed by atoms with E-state index in [4.69, 9.17) is 4.74 Å². The maximum atomic E-state index is 11.6. The Morgan fingerprint density at radius 2 is 2.17 bits per heavy atom. The summed E-state index contributed by atoms with van der Waals surface area (Å²) in [6, 6.07) is 1.92. The van der Waals surface area contributed by atoms with Crippen molar-refractivity contribution in [3.8, 4) is 0 Å². The molecule has 0 aliphatic carbocycles. The minimum absolute atomic E-state index is 0.201. The highest BCUT2D eigenvalue weighted by Crippen LogP contribution is 2.37. The smallest absolute Gasteiger partial charge is 0.319 e. The third kappa shape index (κ3) is 4.62. The summed E-state index contributed by atoms with van der Waals surface area (Å²) in [5, 5.41) is 1.53. The Morgan fingerprint density at radius 1 is 1.44 bits per heavy atom. The van der Waals surface area contributed by atoms with Crippen LogP contribution in [0.25, 0.3) is 0 Å². The van der Waals surface area contributed by atoms with E-state index in [1.807, 2.05) is 11.4 Å². The molecular weight excluding hydrogens is 340 g/mol. The number of thioether (sulfide) groups is 1. The summed E-state index contributed by atoms with van der Waals surface area (Å²) in [6.45, 7) is 0. The van der Waals surface area contributed by atoms with Gasteiger partial charge in [-0.15, -0.1) is 11.3 Å². The predicted octanol–water partition coefficient (Wildman–Crippen LogP) is 3.10. The van der Waals surface area contributed by atoms with E-state index in [1.165, 1.54) is 37.3 Å². The van der Waals surface area contributed by atoms with Gasteiger partial charge in [-0.1, -0.05) is 11.8 Å². The van der Waals surface area contributed by atoms with Gasteiger partial charge in [0.15, 0.2) is 0 Å². The number of esters is 2. The standard InChI is InChI=1S/C11H13BrO4S2/c1-15-9(13)4-3-8(10(14)16-2)18-11-7(12)5-6-17-11/h5-6,8H,3-4H2,1-2H3. The van der Waals surface area contributed by atoms with Gasteiger partial charge >= 0.3 is 11.9 Å². The molecule has 1 atom stereocenters. The molecule has 0 saturated heterocycles. The fourth-order valence-electron chi connectivity index (χ4n) is 1.20. The Labute approximate surface area is 122 Å². The van der Waals surface area contributed by atoms with Crippen LogP contribution in [0.2, 0.25) is 0 Å². The van der Waals surface area contributed by atoms with E-state index in [1.54, 1.807) is 0 Å². The molecule has 4 nitrogen and oxygen atoms in total. The highest BCUT2D eigenvalue weighted by molar-refractivity contribution is 9.10. The van der Waals surface area contributed by atoms with Crippen molar-refractivity contribution in [2.24, 2.45) is 0 Å². The lowest BCUT2D eigenvalue weighted by atomic mass is 10.2. The molecular formula is C11H13BrO4S2. The number of carbonyl (C=O) groups is 2. The fraction of sp³-hybridized carbons (Fsp3) is 0.455. The summed E-state index contributed by atoms with van der Waals surface area (Å²) in [7, 11) is 2.68. The molecule has 100 valence electrons. The first-order valence-electron chi connectivity index (χ1n) is 5.12. The molecule has 1 heterocycles. The van der Waals surface area contributed by atoms with Crippen molar-refractivity contribution in [2.45, 2.75) is 22.3 Å². The van der Waals surface area contributed by atoms with E-state index in [-0.39, 0.29) is 18.4 Å². The van der Waals surface area contributed by atoms with Crippen LogP contribution < -0.4 is 0 Å². The van der Waals surface area contributed by atoms with E-state index in [2.05, 4.69) is 20.7 Å². The van der Waals surface area contributed by atoms with E-state index >= 15 is 0 Å². The molecule has 1 rings (SSSR count). The quantitative estimate of drug-likeness (QED) is 0.581. The Morgan fingerprint density at radius 3 is 2.67 bits per heavy atom. The first-order chi connectivity index (χ1) is 8.58. The number of halogens is 1. The van der Waals surface area contributed by atoms with Crippen molar-refractivity contribution >= 4 is 51.0 Å². The van der Waals surface area contributed by atoms with Gasteiger partial charge in [-0.05, 0) is 33.8 Å². The van der Waals surface area contributed by atoms with Crippen molar-refractivity contribution in [3.63, 3.8) is 0 Å². The van der Waals surface area contributed by atoms with E-state index in [0.29, 0.717) is 6.42 Å². The molecule has 7 heteroatoms. The van der Waals surface area contributed by atoms with Crippen LogP contribution in [0.1, 0.15) is 12.8 Å². The van der Waals surface area contributed by atoms with E-state index in [9.17, 15) is 9.59 Å². The Hall–Kier alpha value is -0.530. The van der Waals surface area contributed by atoms with Crippen LogP contribution in [0.3, 0.4) is 0 Å². The summed E-state index contributed by atoms with van der Waals surface area (Å²) < 4.78 is 11.3. The Balaban J connectivity index is 2.64. The van der Waals surface area contributed by atoms with Crippen molar-refractivity contribution in [2.75, 3.05) is 14.2 Å². The molecule has 0 N–H and O–H groups in total. The fourth-order valence-corrected chi connectivity index (χ4v) is 4.18. The number of carbonyl (C=O) groups excluding carboxylic acids is 2. The van der Waals surface area contributed by atoms with E-state index in [0.717, 1.165) is 8.68 Å². The average Bonchev–Trinajstić information content (AvgIpc) is 2.78. The van der Waals surface area contributed by atoms with Crippen molar-refractivity contribution in [3.05, 3.63) is 15.9 Å². The minimum Gasteiger partial charge on any atom is -0.469 e. The highest BCUT2D eigenvalue weighted by Gasteiger charge is 2.23. The molecule has 0 spiro atoms. The normalized spacial score (nSPS) is 11.9. The number of hydrogen-bond acceptors (Lipinski definition) is 6. The number of methoxy groups -OCH3 is 2. The summed E-state index contributed by atoms with van der Waals surface area (Å²) >= 11 is 6.34. The third-order valence-electron chi connectivity index (χ3n) is 2.14. The SMILES string of the molecule is COC(=O)CCC(Sc1sccc1Br)C(=O)OC. The molecule has 0 saturated carbocycles. The number of rotatable bonds is 6.